The van der Waals surface area contributed by atoms with Crippen LogP contribution in [0.15, 0.2) is 36.4 Å². The third-order valence-electron chi connectivity index (χ3n) is 4.21. The summed E-state index contributed by atoms with van der Waals surface area (Å²) in [5.74, 6) is 0. The Balaban J connectivity index is 2.25. The topological polar surface area (TPSA) is 23.5 Å². The third-order valence-corrected chi connectivity index (χ3v) is 4.21. The maximum absolute atomic E-state index is 10.8. The molecular formula is C20H27NO. The smallest absolute Gasteiger partial charge is 0.0969 e. The van der Waals surface area contributed by atoms with Crippen molar-refractivity contribution in [2.24, 2.45) is 0 Å². The number of rotatable bonds is 5. The quantitative estimate of drug-likeness (QED) is 0.879. The van der Waals surface area contributed by atoms with E-state index in [1.165, 1.54) is 27.9 Å². The van der Waals surface area contributed by atoms with Crippen LogP contribution < -0.4 is 4.90 Å². The molecule has 1 N–H and O–H groups in total. The van der Waals surface area contributed by atoms with E-state index in [4.69, 9.17) is 0 Å². The highest BCUT2D eigenvalue weighted by atomic mass is 16.3. The fourth-order valence-electron chi connectivity index (χ4n) is 3.26. The monoisotopic (exact) mass is 297 g/mol. The highest BCUT2D eigenvalue weighted by Crippen LogP contribution is 2.26. The van der Waals surface area contributed by atoms with Gasteiger partial charge in [0.15, 0.2) is 0 Å². The molecule has 0 amide bonds. The van der Waals surface area contributed by atoms with Crippen molar-refractivity contribution in [3.63, 3.8) is 0 Å². The first kappa shape index (κ1) is 16.6. The second-order valence-corrected chi connectivity index (χ2v) is 6.21. The molecule has 0 bridgehead atoms. The molecule has 0 radical (unpaired) electrons. The summed E-state index contributed by atoms with van der Waals surface area (Å²) in [6.45, 7) is 12.0. The molecule has 0 saturated heterocycles. The zero-order valence-corrected chi connectivity index (χ0v) is 14.4. The molecule has 2 aromatic carbocycles. The molecule has 0 heterocycles. The summed E-state index contributed by atoms with van der Waals surface area (Å²) in [5, 5.41) is 10.8. The normalized spacial score (nSPS) is 12.3. The van der Waals surface area contributed by atoms with Crippen LogP contribution in [0.4, 0.5) is 5.69 Å². The lowest BCUT2D eigenvalue weighted by atomic mass is 9.95. The van der Waals surface area contributed by atoms with Crippen molar-refractivity contribution >= 4 is 5.69 Å². The number of aliphatic hydroxyl groups excluding tert-OH is 1. The molecule has 0 saturated carbocycles. The van der Waals surface area contributed by atoms with Crippen LogP contribution in [-0.2, 0) is 0 Å². The van der Waals surface area contributed by atoms with E-state index >= 15 is 0 Å². The molecule has 0 aromatic heterocycles. The van der Waals surface area contributed by atoms with Crippen LogP contribution in [0.5, 0.6) is 0 Å². The van der Waals surface area contributed by atoms with Crippen LogP contribution in [-0.4, -0.2) is 18.2 Å². The van der Waals surface area contributed by atoms with Gasteiger partial charge in [0.25, 0.3) is 0 Å². The molecule has 0 spiro atoms. The first-order valence-electron chi connectivity index (χ1n) is 7.99. The van der Waals surface area contributed by atoms with Crippen LogP contribution in [0.2, 0.25) is 0 Å². The van der Waals surface area contributed by atoms with Gasteiger partial charge in [-0.3, -0.25) is 0 Å². The summed E-state index contributed by atoms with van der Waals surface area (Å²) in [6, 6.07) is 12.7. The molecule has 0 aliphatic carbocycles. The Bertz CT molecular complexity index is 625. The maximum Gasteiger partial charge on any atom is 0.0969 e. The van der Waals surface area contributed by atoms with Crippen LogP contribution in [0, 0.1) is 27.7 Å². The molecule has 2 heteroatoms. The van der Waals surface area contributed by atoms with Gasteiger partial charge >= 0.3 is 0 Å². The highest BCUT2D eigenvalue weighted by molar-refractivity contribution is 5.49. The lowest BCUT2D eigenvalue weighted by molar-refractivity contribution is 0.182. The Morgan fingerprint density at radius 3 is 2.14 bits per heavy atom. The Kier molecular flexibility index (Phi) is 5.25. The van der Waals surface area contributed by atoms with E-state index in [-0.39, 0.29) is 0 Å². The first-order chi connectivity index (χ1) is 10.4. The number of hydrogen-bond donors (Lipinski definition) is 1. The number of likely N-dealkylation sites (N-methyl/N-ethyl adjacent to an activating group) is 1. The van der Waals surface area contributed by atoms with Crippen LogP contribution in [0.1, 0.15) is 40.8 Å². The average Bonchev–Trinajstić information content (AvgIpc) is 2.43. The van der Waals surface area contributed by atoms with E-state index in [0.29, 0.717) is 6.54 Å². The maximum atomic E-state index is 10.8. The van der Waals surface area contributed by atoms with Gasteiger partial charge < -0.3 is 10.0 Å². The fourth-order valence-corrected chi connectivity index (χ4v) is 3.26. The summed E-state index contributed by atoms with van der Waals surface area (Å²) in [4.78, 5) is 2.23. The minimum Gasteiger partial charge on any atom is -0.387 e. The van der Waals surface area contributed by atoms with Crippen molar-refractivity contribution in [1.82, 2.24) is 0 Å². The Morgan fingerprint density at radius 1 is 0.955 bits per heavy atom. The Hall–Kier alpha value is -1.80. The minimum absolute atomic E-state index is 0.471. The molecule has 2 rings (SSSR count). The molecular weight excluding hydrogens is 270 g/mol. The van der Waals surface area contributed by atoms with Gasteiger partial charge in [0.1, 0.15) is 0 Å². The summed E-state index contributed by atoms with van der Waals surface area (Å²) in [6.07, 6.45) is -0.471. The molecule has 0 aliphatic rings. The van der Waals surface area contributed by atoms with Gasteiger partial charge in [-0.15, -0.1) is 0 Å². The van der Waals surface area contributed by atoms with Crippen molar-refractivity contribution < 1.29 is 5.11 Å². The van der Waals surface area contributed by atoms with Gasteiger partial charge in [0.05, 0.1) is 6.10 Å². The molecule has 0 aliphatic heterocycles. The van der Waals surface area contributed by atoms with E-state index in [9.17, 15) is 5.11 Å². The number of benzene rings is 2. The Morgan fingerprint density at radius 2 is 1.59 bits per heavy atom. The molecule has 0 fully saturated rings. The van der Waals surface area contributed by atoms with Gasteiger partial charge in [-0.25, -0.2) is 0 Å². The largest absolute Gasteiger partial charge is 0.387 e. The average molecular weight is 297 g/mol. The Labute approximate surface area is 134 Å². The molecule has 1 atom stereocenters. The van der Waals surface area contributed by atoms with Gasteiger partial charge in [-0.05, 0) is 69.0 Å². The van der Waals surface area contributed by atoms with Crippen molar-refractivity contribution in [1.29, 1.82) is 0 Å². The standard InChI is InChI=1S/C20H27NO/c1-6-21(18-9-7-8-14(2)12-18)13-19(22)20-16(4)10-15(3)11-17(20)5/h7-12,19,22H,6,13H2,1-5H3. The van der Waals surface area contributed by atoms with Gasteiger partial charge in [0, 0.05) is 18.8 Å². The summed E-state index contributed by atoms with van der Waals surface area (Å²) in [5.41, 5.74) is 7.07. The zero-order chi connectivity index (χ0) is 16.3. The number of anilines is 1. The SMILES string of the molecule is CCN(CC(O)c1c(C)cc(C)cc1C)c1cccc(C)c1. The predicted molar refractivity (Wildman–Crippen MR) is 94.7 cm³/mol. The van der Waals surface area contributed by atoms with E-state index in [1.54, 1.807) is 0 Å². The number of hydrogen-bond acceptors (Lipinski definition) is 2. The summed E-state index contributed by atoms with van der Waals surface area (Å²) < 4.78 is 0. The highest BCUT2D eigenvalue weighted by Gasteiger charge is 2.17. The van der Waals surface area contributed by atoms with Crippen LogP contribution >= 0.6 is 0 Å². The van der Waals surface area contributed by atoms with Crippen molar-refractivity contribution in [3.05, 3.63) is 64.2 Å². The summed E-state index contributed by atoms with van der Waals surface area (Å²) in [7, 11) is 0. The van der Waals surface area contributed by atoms with E-state index in [0.717, 1.165) is 12.1 Å². The first-order valence-corrected chi connectivity index (χ1v) is 7.99. The van der Waals surface area contributed by atoms with Crippen molar-refractivity contribution in [3.8, 4) is 0 Å². The van der Waals surface area contributed by atoms with E-state index < -0.39 is 6.10 Å². The van der Waals surface area contributed by atoms with Crippen molar-refractivity contribution in [2.45, 2.75) is 40.7 Å². The summed E-state index contributed by atoms with van der Waals surface area (Å²) >= 11 is 0. The number of aryl methyl sites for hydroxylation is 4. The lowest BCUT2D eigenvalue weighted by Gasteiger charge is -2.28. The fraction of sp³-hybridized carbons (Fsp3) is 0.400. The third kappa shape index (κ3) is 3.69. The lowest BCUT2D eigenvalue weighted by Crippen LogP contribution is -2.29. The van der Waals surface area contributed by atoms with Gasteiger partial charge in [-0.1, -0.05) is 29.8 Å². The molecule has 22 heavy (non-hydrogen) atoms. The predicted octanol–water partition coefficient (Wildman–Crippen LogP) is 4.48. The van der Waals surface area contributed by atoms with Crippen LogP contribution in [0.25, 0.3) is 0 Å². The van der Waals surface area contributed by atoms with Gasteiger partial charge in [0.2, 0.25) is 0 Å². The molecule has 118 valence electrons. The second kappa shape index (κ2) is 6.97. The van der Waals surface area contributed by atoms with Crippen LogP contribution in [0.3, 0.4) is 0 Å². The van der Waals surface area contributed by atoms with E-state index in [2.05, 4.69) is 75.9 Å². The minimum atomic E-state index is -0.471. The van der Waals surface area contributed by atoms with Crippen molar-refractivity contribution in [2.75, 3.05) is 18.0 Å². The molecule has 1 unspecified atom stereocenters. The second-order valence-electron chi connectivity index (χ2n) is 6.21. The molecule has 2 nitrogen and oxygen atoms in total. The van der Waals surface area contributed by atoms with Gasteiger partial charge in [-0.2, -0.15) is 0 Å². The molecule has 2 aromatic rings. The zero-order valence-electron chi connectivity index (χ0n) is 14.4. The van der Waals surface area contributed by atoms with E-state index in [1.807, 2.05) is 0 Å². The number of aliphatic hydroxyl groups is 1. The number of nitrogens with zero attached hydrogens (tertiary/aromatic N) is 1.